The van der Waals surface area contributed by atoms with E-state index in [9.17, 15) is 9.59 Å². The molecular formula is C56H58N7O3+. The van der Waals surface area contributed by atoms with E-state index in [4.69, 9.17) is 25.4 Å². The van der Waals surface area contributed by atoms with Gasteiger partial charge >= 0.3 is 0 Å². The third kappa shape index (κ3) is 10.3. The van der Waals surface area contributed by atoms with Crippen molar-refractivity contribution in [1.29, 1.82) is 0 Å². The predicted molar refractivity (Wildman–Crippen MR) is 266 cm³/mol. The smallest absolute Gasteiger partial charge is 0.251 e. The third-order valence-corrected chi connectivity index (χ3v) is 11.8. The summed E-state index contributed by atoms with van der Waals surface area (Å²) in [4.78, 5) is 41.9. The Hall–Kier alpha value is -7.30. The van der Waals surface area contributed by atoms with Crippen LogP contribution in [0.3, 0.4) is 0 Å². The molecule has 0 fully saturated rings. The van der Waals surface area contributed by atoms with Gasteiger partial charge in [0.25, 0.3) is 11.8 Å². The molecule has 66 heavy (non-hydrogen) atoms. The lowest BCUT2D eigenvalue weighted by atomic mass is 9.86. The maximum absolute atomic E-state index is 13.9. The van der Waals surface area contributed by atoms with Crippen LogP contribution in [-0.4, -0.2) is 53.0 Å². The van der Waals surface area contributed by atoms with Gasteiger partial charge in [-0.15, -0.1) is 0 Å². The number of ether oxygens (including phenoxy) is 1. The Labute approximate surface area is 387 Å². The summed E-state index contributed by atoms with van der Waals surface area (Å²) < 4.78 is 8.36. The van der Waals surface area contributed by atoms with Gasteiger partial charge in [0.2, 0.25) is 5.52 Å². The van der Waals surface area contributed by atoms with Crippen LogP contribution in [-0.2, 0) is 17.4 Å². The van der Waals surface area contributed by atoms with E-state index in [0.29, 0.717) is 46.7 Å². The van der Waals surface area contributed by atoms with Gasteiger partial charge in [-0.05, 0) is 106 Å². The molecule has 0 saturated carbocycles. The van der Waals surface area contributed by atoms with Crippen LogP contribution >= 0.6 is 0 Å². The van der Waals surface area contributed by atoms with Crippen LogP contribution in [0.25, 0.3) is 66.8 Å². The Morgan fingerprint density at radius 2 is 1.14 bits per heavy atom. The van der Waals surface area contributed by atoms with Gasteiger partial charge in [0, 0.05) is 47.5 Å². The van der Waals surface area contributed by atoms with Gasteiger partial charge in [-0.2, -0.15) is 4.57 Å². The molecule has 0 saturated heterocycles. The van der Waals surface area contributed by atoms with Crippen LogP contribution in [0.1, 0.15) is 80.3 Å². The molecule has 8 rings (SSSR count). The molecule has 0 aliphatic heterocycles. The van der Waals surface area contributed by atoms with E-state index in [1.165, 1.54) is 11.1 Å². The molecule has 10 nitrogen and oxygen atoms in total. The van der Waals surface area contributed by atoms with Crippen molar-refractivity contribution in [3.05, 3.63) is 162 Å². The Balaban J connectivity index is 1.02. The molecular weight excluding hydrogens is 819 g/mol. The predicted octanol–water partition coefficient (Wildman–Crippen LogP) is 10.2. The number of hydrogen-bond donors (Lipinski definition) is 3. The highest BCUT2D eigenvalue weighted by atomic mass is 16.5. The first kappa shape index (κ1) is 45.3. The zero-order valence-corrected chi connectivity index (χ0v) is 38.9. The third-order valence-electron chi connectivity index (χ3n) is 11.8. The van der Waals surface area contributed by atoms with Gasteiger partial charge in [-0.1, -0.05) is 102 Å². The Kier molecular flexibility index (Phi) is 13.1. The van der Waals surface area contributed by atoms with Gasteiger partial charge in [0.05, 0.1) is 29.5 Å². The number of nitrogens with zero attached hydrogens (tertiary/aromatic N) is 4. The molecule has 0 atom stereocenters. The average Bonchev–Trinajstić information content (AvgIpc) is 3.33. The van der Waals surface area contributed by atoms with E-state index < -0.39 is 0 Å². The van der Waals surface area contributed by atoms with Gasteiger partial charge in [0.1, 0.15) is 30.1 Å². The van der Waals surface area contributed by atoms with Crippen LogP contribution in [0, 0.1) is 0 Å². The van der Waals surface area contributed by atoms with Crippen LogP contribution in [0.15, 0.2) is 140 Å². The Morgan fingerprint density at radius 1 is 0.591 bits per heavy atom. The minimum atomic E-state index is -0.213. The highest BCUT2D eigenvalue weighted by molar-refractivity contribution is 5.98. The SMILES string of the molecule is CC[n+]1cc(-c2cc(C(=O)NCCOc3ccc4ncc(-c5cc(C(=O)NCCN)cc(-c6ccc(C(C)(C)C)cc6)c5)nc4c3)cc(-c3ccc(C(C)(C)C)cc3)c2)nc2ccccc21. The summed E-state index contributed by atoms with van der Waals surface area (Å²) in [6, 6.07) is 42.4. The summed E-state index contributed by atoms with van der Waals surface area (Å²) in [7, 11) is 0. The summed E-state index contributed by atoms with van der Waals surface area (Å²) >= 11 is 0. The van der Waals surface area contributed by atoms with Crippen LogP contribution < -0.4 is 25.7 Å². The zero-order valence-electron chi connectivity index (χ0n) is 38.9. The maximum atomic E-state index is 13.9. The number of nitrogens with one attached hydrogen (secondary N) is 2. The first-order valence-corrected chi connectivity index (χ1v) is 22.6. The molecule has 0 aliphatic carbocycles. The van der Waals surface area contributed by atoms with Crippen molar-refractivity contribution in [1.82, 2.24) is 25.6 Å². The van der Waals surface area contributed by atoms with Crippen molar-refractivity contribution in [2.24, 2.45) is 5.73 Å². The van der Waals surface area contributed by atoms with Gasteiger partial charge in [-0.3, -0.25) is 14.6 Å². The van der Waals surface area contributed by atoms with Gasteiger partial charge in [0.15, 0.2) is 6.20 Å². The molecule has 2 heterocycles. The lowest BCUT2D eigenvalue weighted by molar-refractivity contribution is -0.667. The van der Waals surface area contributed by atoms with Crippen molar-refractivity contribution in [3.63, 3.8) is 0 Å². The molecule has 4 N–H and O–H groups in total. The second kappa shape index (κ2) is 19.0. The second-order valence-electron chi connectivity index (χ2n) is 18.7. The summed E-state index contributed by atoms with van der Waals surface area (Å²) in [5, 5.41) is 5.97. The number of fused-ring (bicyclic) bond motifs is 2. The Bertz CT molecular complexity index is 3060. The largest absolute Gasteiger partial charge is 0.492 e. The number of carbonyl (C=O) groups is 2. The highest BCUT2D eigenvalue weighted by Gasteiger charge is 2.19. The van der Waals surface area contributed by atoms with Crippen molar-refractivity contribution in [3.8, 4) is 50.5 Å². The number of aromatic nitrogens is 4. The summed E-state index contributed by atoms with van der Waals surface area (Å²) in [6.07, 6.45) is 3.78. The van der Waals surface area contributed by atoms with Crippen LogP contribution in [0.5, 0.6) is 5.75 Å². The number of rotatable bonds is 13. The molecule has 2 amide bonds. The maximum Gasteiger partial charge on any atom is 0.251 e. The minimum Gasteiger partial charge on any atom is -0.492 e. The molecule has 0 spiro atoms. The molecule has 334 valence electrons. The molecule has 2 aromatic heterocycles. The molecule has 0 unspecified atom stereocenters. The fourth-order valence-electron chi connectivity index (χ4n) is 7.99. The van der Waals surface area contributed by atoms with Crippen LogP contribution in [0.4, 0.5) is 0 Å². The van der Waals surface area contributed by atoms with E-state index >= 15 is 0 Å². The molecule has 0 radical (unpaired) electrons. The molecule has 0 bridgehead atoms. The highest BCUT2D eigenvalue weighted by Crippen LogP contribution is 2.33. The average molecular weight is 877 g/mol. The first-order chi connectivity index (χ1) is 31.7. The van der Waals surface area contributed by atoms with Crippen molar-refractivity contribution in [2.75, 3.05) is 26.2 Å². The molecule has 10 heteroatoms. The van der Waals surface area contributed by atoms with E-state index in [0.717, 1.165) is 56.7 Å². The quantitative estimate of drug-likeness (QED) is 0.0775. The number of hydrogen-bond acceptors (Lipinski definition) is 7. The number of benzene rings is 6. The summed E-state index contributed by atoms with van der Waals surface area (Å²) in [5.74, 6) is 0.166. The monoisotopic (exact) mass is 876 g/mol. The zero-order chi connectivity index (χ0) is 46.6. The summed E-state index contributed by atoms with van der Waals surface area (Å²) in [5.41, 5.74) is 19.3. The van der Waals surface area contributed by atoms with Crippen molar-refractivity contribution >= 4 is 33.9 Å². The van der Waals surface area contributed by atoms with E-state index in [1.54, 1.807) is 6.20 Å². The number of nitrogens with two attached hydrogens (primary N) is 1. The number of para-hydroxylation sites is 2. The van der Waals surface area contributed by atoms with Crippen molar-refractivity contribution < 1.29 is 18.9 Å². The Morgan fingerprint density at radius 3 is 1.71 bits per heavy atom. The van der Waals surface area contributed by atoms with Gasteiger partial charge in [-0.25, -0.2) is 9.97 Å². The minimum absolute atomic E-state index is 0.0119. The van der Waals surface area contributed by atoms with Gasteiger partial charge < -0.3 is 21.1 Å². The lowest BCUT2D eigenvalue weighted by Gasteiger charge is -2.19. The topological polar surface area (TPSA) is 136 Å². The van der Waals surface area contributed by atoms with Crippen LogP contribution in [0.2, 0.25) is 0 Å². The number of carbonyl (C=O) groups excluding carboxylic acids is 2. The number of amides is 2. The molecule has 8 aromatic rings. The second-order valence-corrected chi connectivity index (χ2v) is 18.7. The first-order valence-electron chi connectivity index (χ1n) is 22.6. The van der Waals surface area contributed by atoms with E-state index in [2.05, 4.69) is 131 Å². The molecule has 6 aromatic carbocycles. The molecule has 0 aliphatic rings. The van der Waals surface area contributed by atoms with Crippen molar-refractivity contribution in [2.45, 2.75) is 65.8 Å². The fraction of sp³-hybridized carbons (Fsp3) is 0.250. The fourth-order valence-corrected chi connectivity index (χ4v) is 7.99. The number of aryl methyl sites for hydroxylation is 1. The van der Waals surface area contributed by atoms with E-state index in [-0.39, 0.29) is 35.8 Å². The van der Waals surface area contributed by atoms with E-state index in [1.807, 2.05) is 66.7 Å². The normalized spacial score (nSPS) is 11.8. The summed E-state index contributed by atoms with van der Waals surface area (Å²) in [6.45, 7) is 17.3. The standard InChI is InChI=1S/C56H57N7O3/c1-8-63-35-51(61-48-11-9-10-12-52(48)63)41-28-39(37-15-19-45(20-16-37)56(5,6)7)30-43(32-41)54(65)59-25-26-66-46-21-22-47-49(33-46)62-50(34-60-47)40-27-38(29-42(31-40)53(64)58-24-23-57)36-13-17-44(18-14-36)55(2,3)4/h9-22,27-35H,8,23-26,57H2,1-7H3,(H-,58,59,64,65)/p+1. The lowest BCUT2D eigenvalue weighted by Crippen LogP contribution is -2.33.